The molecule has 0 fully saturated rings. The molecule has 0 spiro atoms. The van der Waals surface area contributed by atoms with Crippen molar-refractivity contribution in [3.8, 4) is 11.5 Å². The van der Waals surface area contributed by atoms with E-state index < -0.39 is 5.97 Å². The van der Waals surface area contributed by atoms with Crippen LogP contribution in [-0.4, -0.2) is 25.5 Å². The van der Waals surface area contributed by atoms with Gasteiger partial charge in [0.25, 0.3) is 5.91 Å². The molecule has 0 aliphatic carbocycles. The first-order valence-corrected chi connectivity index (χ1v) is 7.85. The SMILES string of the molecule is CCNC(=O)c1ccc(OC(=O)c2cc(Cl)c(OC)c(Cl)c2)cc1. The van der Waals surface area contributed by atoms with Crippen LogP contribution < -0.4 is 14.8 Å². The first kappa shape index (κ1) is 18.1. The minimum atomic E-state index is -0.618. The van der Waals surface area contributed by atoms with Crippen molar-refractivity contribution in [2.75, 3.05) is 13.7 Å². The van der Waals surface area contributed by atoms with E-state index in [2.05, 4.69) is 5.32 Å². The molecule has 1 N–H and O–H groups in total. The lowest BCUT2D eigenvalue weighted by molar-refractivity contribution is 0.0734. The van der Waals surface area contributed by atoms with Crippen molar-refractivity contribution in [2.45, 2.75) is 6.92 Å². The van der Waals surface area contributed by atoms with Crippen LogP contribution in [0, 0.1) is 0 Å². The number of hydrogen-bond acceptors (Lipinski definition) is 4. The molecule has 0 unspecified atom stereocenters. The highest BCUT2D eigenvalue weighted by atomic mass is 35.5. The second kappa shape index (κ2) is 8.04. The van der Waals surface area contributed by atoms with Crippen molar-refractivity contribution in [1.29, 1.82) is 0 Å². The Morgan fingerprint density at radius 1 is 1.04 bits per heavy atom. The topological polar surface area (TPSA) is 64.6 Å². The molecule has 0 aliphatic rings. The van der Waals surface area contributed by atoms with E-state index in [0.29, 0.717) is 23.6 Å². The van der Waals surface area contributed by atoms with Gasteiger partial charge in [0.05, 0.1) is 22.7 Å². The van der Waals surface area contributed by atoms with E-state index in [4.69, 9.17) is 32.7 Å². The maximum Gasteiger partial charge on any atom is 0.343 e. The van der Waals surface area contributed by atoms with Gasteiger partial charge in [-0.05, 0) is 43.3 Å². The Hall–Kier alpha value is -2.24. The van der Waals surface area contributed by atoms with E-state index in [9.17, 15) is 9.59 Å². The molecular weight excluding hydrogens is 353 g/mol. The Kier molecular flexibility index (Phi) is 6.06. The Morgan fingerprint density at radius 2 is 1.62 bits per heavy atom. The summed E-state index contributed by atoms with van der Waals surface area (Å²) in [6.07, 6.45) is 0. The van der Waals surface area contributed by atoms with Gasteiger partial charge in [-0.15, -0.1) is 0 Å². The van der Waals surface area contributed by atoms with E-state index in [1.807, 2.05) is 6.92 Å². The summed E-state index contributed by atoms with van der Waals surface area (Å²) in [4.78, 5) is 23.9. The van der Waals surface area contributed by atoms with E-state index >= 15 is 0 Å². The Bertz CT molecular complexity index is 737. The second-order valence-electron chi connectivity index (χ2n) is 4.75. The maximum atomic E-state index is 12.2. The van der Waals surface area contributed by atoms with Gasteiger partial charge in [-0.25, -0.2) is 4.79 Å². The summed E-state index contributed by atoms with van der Waals surface area (Å²) in [6.45, 7) is 2.37. The summed E-state index contributed by atoms with van der Waals surface area (Å²) >= 11 is 12.0. The van der Waals surface area contributed by atoms with Crippen molar-refractivity contribution >= 4 is 35.1 Å². The van der Waals surface area contributed by atoms with Crippen LogP contribution in [0.3, 0.4) is 0 Å². The lowest BCUT2D eigenvalue weighted by Gasteiger charge is -2.09. The van der Waals surface area contributed by atoms with Gasteiger partial charge in [0.1, 0.15) is 5.75 Å². The monoisotopic (exact) mass is 367 g/mol. The molecule has 7 heteroatoms. The van der Waals surface area contributed by atoms with E-state index in [-0.39, 0.29) is 21.5 Å². The van der Waals surface area contributed by atoms with Crippen LogP contribution in [0.5, 0.6) is 11.5 Å². The standard InChI is InChI=1S/C17H15Cl2NO4/c1-3-20-16(21)10-4-6-12(7-5-10)24-17(22)11-8-13(18)15(23-2)14(19)9-11/h4-9H,3H2,1-2H3,(H,20,21). The molecule has 1 amide bonds. The number of ether oxygens (including phenoxy) is 2. The quantitative estimate of drug-likeness (QED) is 0.641. The normalized spacial score (nSPS) is 10.2. The molecule has 5 nitrogen and oxygen atoms in total. The number of carbonyl (C=O) groups excluding carboxylic acids is 2. The first-order chi connectivity index (χ1) is 11.5. The minimum absolute atomic E-state index is 0.191. The highest BCUT2D eigenvalue weighted by Gasteiger charge is 2.15. The van der Waals surface area contributed by atoms with Gasteiger partial charge >= 0.3 is 5.97 Å². The third-order valence-electron chi connectivity index (χ3n) is 3.10. The zero-order valence-electron chi connectivity index (χ0n) is 13.1. The number of methoxy groups -OCH3 is 1. The molecule has 0 saturated carbocycles. The van der Waals surface area contributed by atoms with Gasteiger partial charge in [0.2, 0.25) is 0 Å². The fourth-order valence-corrected chi connectivity index (χ4v) is 2.62. The fourth-order valence-electron chi connectivity index (χ4n) is 1.98. The lowest BCUT2D eigenvalue weighted by atomic mass is 10.2. The van der Waals surface area contributed by atoms with Gasteiger partial charge in [0, 0.05) is 12.1 Å². The zero-order valence-corrected chi connectivity index (χ0v) is 14.6. The predicted molar refractivity (Wildman–Crippen MR) is 92.4 cm³/mol. The van der Waals surface area contributed by atoms with Crippen molar-refractivity contribution in [2.24, 2.45) is 0 Å². The van der Waals surface area contributed by atoms with Crippen molar-refractivity contribution in [3.05, 3.63) is 57.6 Å². The van der Waals surface area contributed by atoms with Crippen LogP contribution in [0.25, 0.3) is 0 Å². The van der Waals surface area contributed by atoms with E-state index in [1.54, 1.807) is 12.1 Å². The largest absolute Gasteiger partial charge is 0.494 e. The number of nitrogens with one attached hydrogen (secondary N) is 1. The number of halogens is 2. The highest BCUT2D eigenvalue weighted by molar-refractivity contribution is 6.37. The van der Waals surface area contributed by atoms with Gasteiger partial charge in [-0.2, -0.15) is 0 Å². The third-order valence-corrected chi connectivity index (χ3v) is 3.66. The molecule has 0 aliphatic heterocycles. The Balaban J connectivity index is 2.14. The highest BCUT2D eigenvalue weighted by Crippen LogP contribution is 2.34. The van der Waals surface area contributed by atoms with Crippen LogP contribution >= 0.6 is 23.2 Å². The molecule has 2 aromatic carbocycles. The zero-order chi connectivity index (χ0) is 17.7. The van der Waals surface area contributed by atoms with Crippen LogP contribution in [0.1, 0.15) is 27.6 Å². The Morgan fingerprint density at radius 3 is 2.12 bits per heavy atom. The van der Waals surface area contributed by atoms with Gasteiger partial charge < -0.3 is 14.8 Å². The molecule has 0 saturated heterocycles. The molecule has 0 atom stereocenters. The van der Waals surface area contributed by atoms with Crippen LogP contribution in [0.15, 0.2) is 36.4 Å². The number of hydrogen-bond donors (Lipinski definition) is 1. The predicted octanol–water partition coefficient (Wildman–Crippen LogP) is 3.97. The smallest absolute Gasteiger partial charge is 0.343 e. The number of rotatable bonds is 5. The maximum absolute atomic E-state index is 12.2. The van der Waals surface area contributed by atoms with E-state index in [1.165, 1.54) is 31.4 Å². The number of benzene rings is 2. The molecule has 126 valence electrons. The van der Waals surface area contributed by atoms with Crippen LogP contribution in [-0.2, 0) is 0 Å². The third kappa shape index (κ3) is 4.19. The van der Waals surface area contributed by atoms with Gasteiger partial charge in [-0.3, -0.25) is 4.79 Å². The van der Waals surface area contributed by atoms with Crippen molar-refractivity contribution < 1.29 is 19.1 Å². The number of amides is 1. The lowest BCUT2D eigenvalue weighted by Crippen LogP contribution is -2.22. The number of carbonyl (C=O) groups is 2. The van der Waals surface area contributed by atoms with Crippen molar-refractivity contribution in [1.82, 2.24) is 5.32 Å². The van der Waals surface area contributed by atoms with Crippen molar-refractivity contribution in [3.63, 3.8) is 0 Å². The number of esters is 1. The first-order valence-electron chi connectivity index (χ1n) is 7.09. The summed E-state index contributed by atoms with van der Waals surface area (Å²) in [6, 6.07) is 9.04. The van der Waals surface area contributed by atoms with E-state index in [0.717, 1.165) is 0 Å². The summed E-state index contributed by atoms with van der Waals surface area (Å²) in [5.41, 5.74) is 0.672. The molecule has 0 aromatic heterocycles. The fraction of sp³-hybridized carbons (Fsp3) is 0.176. The second-order valence-corrected chi connectivity index (χ2v) is 5.56. The summed E-state index contributed by atoms with van der Waals surface area (Å²) in [5, 5.41) is 3.11. The molecule has 2 rings (SSSR count). The molecule has 24 heavy (non-hydrogen) atoms. The Labute approximate surface area is 149 Å². The molecule has 0 heterocycles. The van der Waals surface area contributed by atoms with Crippen LogP contribution in [0.2, 0.25) is 10.0 Å². The van der Waals surface area contributed by atoms with Gasteiger partial charge in [-0.1, -0.05) is 23.2 Å². The van der Waals surface area contributed by atoms with Crippen LogP contribution in [0.4, 0.5) is 0 Å². The molecule has 2 aromatic rings. The average molecular weight is 368 g/mol. The minimum Gasteiger partial charge on any atom is -0.494 e. The molecule has 0 radical (unpaired) electrons. The summed E-state index contributed by atoms with van der Waals surface area (Å²) in [5.74, 6) is -0.214. The molecule has 0 bridgehead atoms. The summed E-state index contributed by atoms with van der Waals surface area (Å²) < 4.78 is 10.3. The average Bonchev–Trinajstić information content (AvgIpc) is 2.55. The molecular formula is C17H15Cl2NO4. The van der Waals surface area contributed by atoms with Gasteiger partial charge in [0.15, 0.2) is 5.75 Å². The summed E-state index contributed by atoms with van der Waals surface area (Å²) in [7, 11) is 1.43.